The molecule has 2 aromatic heterocycles. The van der Waals surface area contributed by atoms with E-state index in [4.69, 9.17) is 4.98 Å². The van der Waals surface area contributed by atoms with Crippen molar-refractivity contribution in [2.24, 2.45) is 0 Å². The van der Waals surface area contributed by atoms with E-state index < -0.39 is 0 Å². The number of nitrogens with one attached hydrogen (secondary N) is 1. The van der Waals surface area contributed by atoms with E-state index in [0.29, 0.717) is 22.1 Å². The number of hydrogen-bond acceptors (Lipinski definition) is 3. The molecule has 33 heavy (non-hydrogen) atoms. The molecule has 0 atom stereocenters. The van der Waals surface area contributed by atoms with Gasteiger partial charge in [-0.15, -0.1) is 0 Å². The molecular weight excluding hydrogens is 426 g/mol. The molecule has 5 heteroatoms. The molecule has 5 rings (SSSR count). The molecule has 0 fully saturated rings. The second-order valence-corrected chi connectivity index (χ2v) is 9.29. The van der Waals surface area contributed by atoms with E-state index in [1.807, 2.05) is 66.9 Å². The fourth-order valence-electron chi connectivity index (χ4n) is 3.93. The van der Waals surface area contributed by atoms with Gasteiger partial charge in [0.2, 0.25) is 0 Å². The van der Waals surface area contributed by atoms with E-state index in [2.05, 4.69) is 43.1 Å². The Balaban J connectivity index is 1.60. The number of aromatic nitrogens is 3. The van der Waals surface area contributed by atoms with Crippen molar-refractivity contribution in [2.45, 2.75) is 30.7 Å². The molecule has 0 radical (unpaired) electrons. The quantitative estimate of drug-likeness (QED) is 0.228. The molecular formula is C28H25N3OS. The number of H-pyrrole nitrogens is 1. The molecule has 0 spiro atoms. The lowest BCUT2D eigenvalue weighted by Crippen LogP contribution is -2.21. The first kappa shape index (κ1) is 21.3. The number of hydrogen-bond donors (Lipinski definition) is 1. The molecule has 0 saturated carbocycles. The Hall–Kier alpha value is -3.57. The third-order valence-electron chi connectivity index (χ3n) is 5.78. The number of rotatable bonds is 6. The summed E-state index contributed by atoms with van der Waals surface area (Å²) < 4.78 is 1.71. The van der Waals surface area contributed by atoms with Gasteiger partial charge in [0.1, 0.15) is 11.0 Å². The van der Waals surface area contributed by atoms with E-state index in [-0.39, 0.29) is 5.56 Å². The van der Waals surface area contributed by atoms with Crippen molar-refractivity contribution in [2.75, 3.05) is 0 Å². The van der Waals surface area contributed by atoms with Crippen molar-refractivity contribution in [3.8, 4) is 16.8 Å². The van der Waals surface area contributed by atoms with Crippen LogP contribution >= 0.6 is 11.8 Å². The zero-order valence-corrected chi connectivity index (χ0v) is 19.5. The Morgan fingerprint density at radius 3 is 2.24 bits per heavy atom. The monoisotopic (exact) mass is 451 g/mol. The molecule has 1 N–H and O–H groups in total. The van der Waals surface area contributed by atoms with E-state index in [9.17, 15) is 4.79 Å². The number of para-hydroxylation sites is 1. The maximum absolute atomic E-state index is 13.6. The molecule has 3 aromatic carbocycles. The molecule has 5 aromatic rings. The molecule has 0 saturated heterocycles. The molecule has 0 aliphatic heterocycles. The zero-order valence-electron chi connectivity index (χ0n) is 18.7. The number of nitrogens with zero attached hydrogens (tertiary/aromatic N) is 2. The summed E-state index contributed by atoms with van der Waals surface area (Å²) in [5.74, 6) is 1.23. The highest BCUT2D eigenvalue weighted by atomic mass is 32.2. The first-order chi connectivity index (χ1) is 16.1. The van der Waals surface area contributed by atoms with Gasteiger partial charge in [-0.2, -0.15) is 0 Å². The topological polar surface area (TPSA) is 50.7 Å². The number of fused-ring (bicyclic) bond motifs is 1. The minimum atomic E-state index is -0.0916. The maximum Gasteiger partial charge on any atom is 0.283 e. The van der Waals surface area contributed by atoms with Crippen LogP contribution in [0.2, 0.25) is 0 Å². The number of aromatic amines is 1. The average molecular weight is 452 g/mol. The van der Waals surface area contributed by atoms with Crippen molar-refractivity contribution in [1.29, 1.82) is 0 Å². The van der Waals surface area contributed by atoms with Crippen molar-refractivity contribution in [3.05, 3.63) is 113 Å². The summed E-state index contributed by atoms with van der Waals surface area (Å²) in [6, 6.07) is 28.5. The van der Waals surface area contributed by atoms with Crippen LogP contribution in [0.1, 0.15) is 30.9 Å². The van der Waals surface area contributed by atoms with Crippen LogP contribution in [0.25, 0.3) is 27.8 Å². The minimum Gasteiger partial charge on any atom is -0.355 e. The maximum atomic E-state index is 13.6. The fraction of sp³-hybridized carbons (Fsp3) is 0.143. The Kier molecular flexibility index (Phi) is 5.88. The van der Waals surface area contributed by atoms with Crippen LogP contribution in [0.15, 0.2) is 101 Å². The van der Waals surface area contributed by atoms with Crippen molar-refractivity contribution < 1.29 is 0 Å². The van der Waals surface area contributed by atoms with E-state index in [0.717, 1.165) is 22.6 Å². The van der Waals surface area contributed by atoms with Gasteiger partial charge < -0.3 is 4.98 Å². The number of thioether (sulfide) groups is 1. The fourth-order valence-corrected chi connectivity index (χ4v) is 4.89. The van der Waals surface area contributed by atoms with Gasteiger partial charge in [-0.1, -0.05) is 98.4 Å². The van der Waals surface area contributed by atoms with E-state index in [1.54, 1.807) is 16.3 Å². The third kappa shape index (κ3) is 4.24. The highest BCUT2D eigenvalue weighted by Gasteiger charge is 2.18. The lowest BCUT2D eigenvalue weighted by atomic mass is 10.0. The van der Waals surface area contributed by atoms with Crippen LogP contribution in [0.4, 0.5) is 0 Å². The standard InChI is InChI=1S/C28H25N3OS/c1-19(2)21-15-13-20(14-16-21)18-33-28-30-25-24(22-9-5-3-6-10-22)17-29-26(25)27(32)31(28)23-11-7-4-8-12-23/h3-17,19,29H,18H2,1-2H3. The van der Waals surface area contributed by atoms with Crippen LogP contribution in [0, 0.1) is 0 Å². The Bertz CT molecular complexity index is 1440. The third-order valence-corrected chi connectivity index (χ3v) is 6.79. The van der Waals surface area contributed by atoms with Crippen molar-refractivity contribution in [1.82, 2.24) is 14.5 Å². The van der Waals surface area contributed by atoms with Gasteiger partial charge in [-0.25, -0.2) is 4.98 Å². The summed E-state index contributed by atoms with van der Waals surface area (Å²) in [4.78, 5) is 21.8. The Labute approximate surface area is 197 Å². The van der Waals surface area contributed by atoms with Crippen LogP contribution in [0.5, 0.6) is 0 Å². The predicted molar refractivity (Wildman–Crippen MR) is 137 cm³/mol. The number of benzene rings is 3. The first-order valence-corrected chi connectivity index (χ1v) is 12.1. The average Bonchev–Trinajstić information content (AvgIpc) is 3.28. The highest BCUT2D eigenvalue weighted by molar-refractivity contribution is 7.98. The summed E-state index contributed by atoms with van der Waals surface area (Å²) in [6.07, 6.45) is 1.88. The summed E-state index contributed by atoms with van der Waals surface area (Å²) in [5.41, 5.74) is 6.44. The van der Waals surface area contributed by atoms with Crippen LogP contribution < -0.4 is 5.56 Å². The lowest BCUT2D eigenvalue weighted by Gasteiger charge is -2.13. The second kappa shape index (κ2) is 9.12. The van der Waals surface area contributed by atoms with Crippen LogP contribution in [0.3, 0.4) is 0 Å². The molecule has 164 valence electrons. The summed E-state index contributed by atoms with van der Waals surface area (Å²) in [6.45, 7) is 4.39. The molecule has 4 nitrogen and oxygen atoms in total. The highest BCUT2D eigenvalue weighted by Crippen LogP contribution is 2.30. The largest absolute Gasteiger partial charge is 0.355 e. The van der Waals surface area contributed by atoms with Crippen LogP contribution in [-0.4, -0.2) is 14.5 Å². The van der Waals surface area contributed by atoms with Gasteiger partial charge >= 0.3 is 0 Å². The van der Waals surface area contributed by atoms with E-state index in [1.165, 1.54) is 11.1 Å². The molecule has 2 heterocycles. The van der Waals surface area contributed by atoms with Crippen molar-refractivity contribution >= 4 is 22.8 Å². The molecule has 0 aliphatic rings. The normalized spacial score (nSPS) is 11.4. The Morgan fingerprint density at radius 1 is 0.909 bits per heavy atom. The smallest absolute Gasteiger partial charge is 0.283 e. The van der Waals surface area contributed by atoms with Gasteiger partial charge in [0.05, 0.1) is 5.69 Å². The van der Waals surface area contributed by atoms with Gasteiger partial charge in [0, 0.05) is 17.5 Å². The van der Waals surface area contributed by atoms with Crippen LogP contribution in [-0.2, 0) is 5.75 Å². The first-order valence-electron chi connectivity index (χ1n) is 11.1. The van der Waals surface area contributed by atoms with E-state index >= 15 is 0 Å². The molecule has 0 aliphatic carbocycles. The lowest BCUT2D eigenvalue weighted by molar-refractivity contribution is 0.818. The predicted octanol–water partition coefficient (Wildman–Crippen LogP) is 6.80. The molecule has 0 bridgehead atoms. The zero-order chi connectivity index (χ0) is 22.8. The summed E-state index contributed by atoms with van der Waals surface area (Å²) in [5, 5.41) is 0.684. The SMILES string of the molecule is CC(C)c1ccc(CSc2nc3c(-c4ccccc4)c[nH]c3c(=O)n2-c2ccccc2)cc1. The minimum absolute atomic E-state index is 0.0916. The summed E-state index contributed by atoms with van der Waals surface area (Å²) in [7, 11) is 0. The molecule has 0 unspecified atom stereocenters. The van der Waals surface area contributed by atoms with Crippen molar-refractivity contribution in [3.63, 3.8) is 0 Å². The second-order valence-electron chi connectivity index (χ2n) is 8.35. The Morgan fingerprint density at radius 2 is 1.58 bits per heavy atom. The summed E-state index contributed by atoms with van der Waals surface area (Å²) >= 11 is 1.58. The van der Waals surface area contributed by atoms with Gasteiger partial charge in [0.15, 0.2) is 5.16 Å². The molecule has 0 amide bonds. The van der Waals surface area contributed by atoms with Gasteiger partial charge in [-0.3, -0.25) is 9.36 Å². The van der Waals surface area contributed by atoms with Gasteiger partial charge in [-0.05, 0) is 34.7 Å². The van der Waals surface area contributed by atoms with Gasteiger partial charge in [0.25, 0.3) is 5.56 Å².